The Morgan fingerprint density at radius 2 is 1.81 bits per heavy atom. The number of hydrogen-bond donors (Lipinski definition) is 2. The molecule has 0 spiro atoms. The van der Waals surface area contributed by atoms with Crippen molar-refractivity contribution < 1.29 is 23.8 Å². The summed E-state index contributed by atoms with van der Waals surface area (Å²) in [5.74, 6) is 0.907. The first-order chi connectivity index (χ1) is 15.7. The summed E-state index contributed by atoms with van der Waals surface area (Å²) in [6, 6.07) is 21.0. The van der Waals surface area contributed by atoms with Crippen molar-refractivity contribution in [2.75, 3.05) is 19.8 Å². The van der Waals surface area contributed by atoms with Gasteiger partial charge in [0, 0.05) is 23.5 Å². The minimum absolute atomic E-state index is 0.195. The Kier molecular flexibility index (Phi) is 11.0. The van der Waals surface area contributed by atoms with Crippen LogP contribution in [-0.4, -0.2) is 24.7 Å². The molecule has 3 aromatic rings. The SMILES string of the molecule is O=[PH](O)OOCCNCc1ccc(OCCCCCc2ccccc2)c(-c2cccs2)c1. The van der Waals surface area contributed by atoms with Crippen molar-refractivity contribution in [2.45, 2.75) is 32.2 Å². The molecule has 0 aliphatic rings. The number of aryl methyl sites for hydroxylation is 1. The Balaban J connectivity index is 1.45. The number of thiophene rings is 1. The summed E-state index contributed by atoms with van der Waals surface area (Å²) in [7, 11) is -3.05. The molecule has 1 unspecified atom stereocenters. The molecule has 0 aliphatic carbocycles. The summed E-state index contributed by atoms with van der Waals surface area (Å²) >= 11 is 1.69. The second kappa shape index (κ2) is 14.2. The Labute approximate surface area is 194 Å². The predicted molar refractivity (Wildman–Crippen MR) is 129 cm³/mol. The maximum absolute atomic E-state index is 10.4. The summed E-state index contributed by atoms with van der Waals surface area (Å²) < 4.78 is 20.8. The van der Waals surface area contributed by atoms with Gasteiger partial charge in [0.2, 0.25) is 0 Å². The van der Waals surface area contributed by atoms with Crippen LogP contribution >= 0.6 is 19.6 Å². The van der Waals surface area contributed by atoms with Crippen molar-refractivity contribution in [1.82, 2.24) is 5.32 Å². The molecule has 2 N–H and O–H groups in total. The number of unbranched alkanes of at least 4 members (excludes halogenated alkanes) is 2. The molecule has 1 heterocycles. The largest absolute Gasteiger partial charge is 0.493 e. The van der Waals surface area contributed by atoms with Crippen LogP contribution in [0.3, 0.4) is 0 Å². The second-order valence-corrected chi connectivity index (χ2v) is 8.95. The van der Waals surface area contributed by atoms with Crippen LogP contribution in [0, 0.1) is 0 Å². The average molecular weight is 476 g/mol. The van der Waals surface area contributed by atoms with Gasteiger partial charge < -0.3 is 14.9 Å². The average Bonchev–Trinajstić information content (AvgIpc) is 3.34. The molecule has 3 rings (SSSR count). The molecule has 0 amide bonds. The highest BCUT2D eigenvalue weighted by Crippen LogP contribution is 2.34. The highest BCUT2D eigenvalue weighted by atomic mass is 32.1. The lowest BCUT2D eigenvalue weighted by Crippen LogP contribution is -2.19. The predicted octanol–water partition coefficient (Wildman–Crippen LogP) is 5.63. The molecule has 32 heavy (non-hydrogen) atoms. The molecule has 0 radical (unpaired) electrons. The van der Waals surface area contributed by atoms with E-state index in [1.807, 2.05) is 12.1 Å². The zero-order valence-corrected chi connectivity index (χ0v) is 19.8. The highest BCUT2D eigenvalue weighted by molar-refractivity contribution is 7.31. The summed E-state index contributed by atoms with van der Waals surface area (Å²) in [6.45, 7) is 2.05. The van der Waals surface area contributed by atoms with Crippen molar-refractivity contribution in [1.29, 1.82) is 0 Å². The van der Waals surface area contributed by atoms with E-state index in [0.717, 1.165) is 36.1 Å². The van der Waals surface area contributed by atoms with Crippen molar-refractivity contribution in [3.8, 4) is 16.2 Å². The Bertz CT molecular complexity index is 937. The van der Waals surface area contributed by atoms with Gasteiger partial charge in [-0.15, -0.1) is 11.3 Å². The van der Waals surface area contributed by atoms with Gasteiger partial charge >= 0.3 is 8.25 Å². The van der Waals surface area contributed by atoms with E-state index in [4.69, 9.17) is 9.63 Å². The van der Waals surface area contributed by atoms with Gasteiger partial charge in [-0.25, -0.2) is 4.89 Å². The minimum Gasteiger partial charge on any atom is -0.493 e. The highest BCUT2D eigenvalue weighted by Gasteiger charge is 2.09. The molecule has 0 saturated carbocycles. The van der Waals surface area contributed by atoms with Crippen LogP contribution in [-0.2, 0) is 27.1 Å². The van der Waals surface area contributed by atoms with E-state index in [-0.39, 0.29) is 6.61 Å². The number of rotatable bonds is 15. The lowest BCUT2D eigenvalue weighted by molar-refractivity contribution is -0.206. The van der Waals surface area contributed by atoms with Crippen molar-refractivity contribution in [3.05, 3.63) is 77.2 Å². The van der Waals surface area contributed by atoms with Crippen LogP contribution in [0.4, 0.5) is 0 Å². The second-order valence-electron chi connectivity index (χ2n) is 7.30. The first-order valence-corrected chi connectivity index (χ1v) is 12.9. The van der Waals surface area contributed by atoms with Crippen molar-refractivity contribution >= 4 is 19.6 Å². The molecule has 1 atom stereocenters. The zero-order chi connectivity index (χ0) is 22.4. The monoisotopic (exact) mass is 475 g/mol. The number of ether oxygens (including phenoxy) is 1. The third kappa shape index (κ3) is 8.87. The van der Waals surface area contributed by atoms with Gasteiger partial charge in [0.1, 0.15) is 5.75 Å². The third-order valence-electron chi connectivity index (χ3n) is 4.86. The van der Waals surface area contributed by atoms with E-state index >= 15 is 0 Å². The van der Waals surface area contributed by atoms with E-state index in [9.17, 15) is 4.57 Å². The molecular formula is C24H30NO5PS. The normalized spacial score (nSPS) is 12.0. The molecule has 8 heteroatoms. The van der Waals surface area contributed by atoms with E-state index in [0.29, 0.717) is 19.7 Å². The van der Waals surface area contributed by atoms with Gasteiger partial charge in [-0.1, -0.05) is 42.5 Å². The maximum Gasteiger partial charge on any atom is 0.344 e. The third-order valence-corrected chi connectivity index (χ3v) is 6.03. The lowest BCUT2D eigenvalue weighted by atomic mass is 10.1. The molecule has 0 aliphatic heterocycles. The van der Waals surface area contributed by atoms with Crippen LogP contribution in [0.15, 0.2) is 66.0 Å². The number of benzene rings is 2. The Hall–Kier alpha value is -1.99. The fourth-order valence-electron chi connectivity index (χ4n) is 3.31. The van der Waals surface area contributed by atoms with Gasteiger partial charge in [-0.05, 0) is 60.4 Å². The fraction of sp³-hybridized carbons (Fsp3) is 0.333. The van der Waals surface area contributed by atoms with Crippen LogP contribution in [0.5, 0.6) is 5.75 Å². The summed E-state index contributed by atoms with van der Waals surface area (Å²) in [4.78, 5) is 14.4. The lowest BCUT2D eigenvalue weighted by Gasteiger charge is -2.13. The zero-order valence-electron chi connectivity index (χ0n) is 18.0. The first kappa shape index (κ1) is 24.6. The molecule has 1 aromatic heterocycles. The maximum atomic E-state index is 10.4. The molecule has 6 nitrogen and oxygen atoms in total. The molecule has 0 bridgehead atoms. The molecule has 0 saturated heterocycles. The van der Waals surface area contributed by atoms with Crippen molar-refractivity contribution in [3.63, 3.8) is 0 Å². The summed E-state index contributed by atoms with van der Waals surface area (Å²) in [6.07, 6.45) is 4.45. The van der Waals surface area contributed by atoms with Crippen LogP contribution in [0.25, 0.3) is 10.4 Å². The van der Waals surface area contributed by atoms with Gasteiger partial charge in [0.05, 0.1) is 13.2 Å². The van der Waals surface area contributed by atoms with Crippen molar-refractivity contribution in [2.24, 2.45) is 0 Å². The summed E-state index contributed by atoms with van der Waals surface area (Å²) in [5, 5.41) is 5.30. The molecule has 172 valence electrons. The Morgan fingerprint density at radius 3 is 2.59 bits per heavy atom. The number of nitrogens with one attached hydrogen (secondary N) is 1. The number of hydrogen-bond acceptors (Lipinski definition) is 6. The fourth-order valence-corrected chi connectivity index (χ4v) is 4.24. The van der Waals surface area contributed by atoms with E-state index in [2.05, 4.69) is 68.8 Å². The first-order valence-electron chi connectivity index (χ1n) is 10.8. The molecular weight excluding hydrogens is 445 g/mol. The van der Waals surface area contributed by atoms with Crippen LogP contribution < -0.4 is 10.1 Å². The molecule has 0 fully saturated rings. The van der Waals surface area contributed by atoms with Gasteiger partial charge in [0.25, 0.3) is 0 Å². The molecule has 2 aromatic carbocycles. The van der Waals surface area contributed by atoms with Gasteiger partial charge in [-0.3, -0.25) is 4.57 Å². The van der Waals surface area contributed by atoms with E-state index in [1.54, 1.807) is 11.3 Å². The van der Waals surface area contributed by atoms with Gasteiger partial charge in [0.15, 0.2) is 0 Å². The Morgan fingerprint density at radius 1 is 0.938 bits per heavy atom. The smallest absolute Gasteiger partial charge is 0.344 e. The standard InChI is InChI=1S/C24H30NO5PS/c26-31(27)30-29-16-14-25-19-21-12-13-23(22(18-21)24-11-7-17-32-24)28-15-6-2-5-10-20-8-3-1-4-9-20/h1,3-4,7-9,11-13,17-18,25,31H,2,5-6,10,14-16,19H2,(H,26,27). The van der Waals surface area contributed by atoms with Gasteiger partial charge in [-0.2, -0.15) is 4.67 Å². The summed E-state index contributed by atoms with van der Waals surface area (Å²) in [5.41, 5.74) is 3.61. The van der Waals surface area contributed by atoms with E-state index in [1.165, 1.54) is 16.9 Å². The topological polar surface area (TPSA) is 77.0 Å². The van der Waals surface area contributed by atoms with Crippen LogP contribution in [0.1, 0.15) is 30.4 Å². The quantitative estimate of drug-likeness (QED) is 0.128. The van der Waals surface area contributed by atoms with Crippen LogP contribution in [0.2, 0.25) is 0 Å². The van der Waals surface area contributed by atoms with E-state index < -0.39 is 8.25 Å². The minimum atomic E-state index is -3.05.